The molecule has 5 heteroatoms. The molecule has 1 aromatic carbocycles. The molecule has 1 aromatic heterocycles. The van der Waals surface area contributed by atoms with E-state index in [-0.39, 0.29) is 4.88 Å². The van der Waals surface area contributed by atoms with Crippen molar-refractivity contribution >= 4 is 17.3 Å². The van der Waals surface area contributed by atoms with E-state index in [0.29, 0.717) is 19.0 Å². The first-order valence-electron chi connectivity index (χ1n) is 6.28. The van der Waals surface area contributed by atoms with Crippen molar-refractivity contribution in [2.24, 2.45) is 0 Å². The molecular formula is C15H16O4S. The molecule has 1 heterocycles. The van der Waals surface area contributed by atoms with Gasteiger partial charge in [-0.1, -0.05) is 12.1 Å². The highest BCUT2D eigenvalue weighted by Crippen LogP contribution is 2.29. The van der Waals surface area contributed by atoms with Gasteiger partial charge < -0.3 is 14.6 Å². The van der Waals surface area contributed by atoms with Gasteiger partial charge in [0.05, 0.1) is 6.61 Å². The Morgan fingerprint density at radius 3 is 2.55 bits per heavy atom. The zero-order chi connectivity index (χ0) is 14.5. The summed E-state index contributed by atoms with van der Waals surface area (Å²) in [5.41, 5.74) is 0.966. The van der Waals surface area contributed by atoms with Crippen molar-refractivity contribution in [2.75, 3.05) is 6.61 Å². The third-order valence-corrected chi connectivity index (χ3v) is 3.66. The molecule has 2 aromatic rings. The number of carboxylic acid groups (broad SMARTS) is 1. The summed E-state index contributed by atoms with van der Waals surface area (Å²) in [5, 5.41) is 9.09. The largest absolute Gasteiger partial charge is 0.494 e. The molecule has 0 spiro atoms. The molecule has 0 aliphatic carbocycles. The van der Waals surface area contributed by atoms with Crippen molar-refractivity contribution < 1.29 is 19.4 Å². The first-order chi connectivity index (χ1) is 9.60. The monoisotopic (exact) mass is 292 g/mol. The number of carbonyl (C=O) groups is 1. The first-order valence-corrected chi connectivity index (χ1v) is 7.10. The first kappa shape index (κ1) is 14.4. The molecule has 20 heavy (non-hydrogen) atoms. The zero-order valence-electron chi connectivity index (χ0n) is 11.4. The van der Waals surface area contributed by atoms with Crippen LogP contribution in [-0.2, 0) is 6.61 Å². The van der Waals surface area contributed by atoms with E-state index >= 15 is 0 Å². The molecule has 0 saturated heterocycles. The van der Waals surface area contributed by atoms with Crippen LogP contribution in [-0.4, -0.2) is 17.7 Å². The standard InChI is InChI=1S/C15H16O4S/c1-3-18-12-6-4-11(5-7-12)9-19-13-8-10(2)20-14(13)15(16)17/h4-8H,3,9H2,1-2H3,(H,16,17). The Morgan fingerprint density at radius 1 is 1.25 bits per heavy atom. The second kappa shape index (κ2) is 6.43. The van der Waals surface area contributed by atoms with Crippen molar-refractivity contribution in [1.29, 1.82) is 0 Å². The number of hydrogen-bond acceptors (Lipinski definition) is 4. The van der Waals surface area contributed by atoms with Gasteiger partial charge in [-0.25, -0.2) is 4.79 Å². The number of thiophene rings is 1. The Bertz CT molecular complexity index is 586. The summed E-state index contributed by atoms with van der Waals surface area (Å²) in [6.07, 6.45) is 0. The number of carboxylic acids is 1. The second-order valence-corrected chi connectivity index (χ2v) is 5.48. The molecular weight excluding hydrogens is 276 g/mol. The zero-order valence-corrected chi connectivity index (χ0v) is 12.2. The van der Waals surface area contributed by atoms with Crippen LogP contribution in [0.15, 0.2) is 30.3 Å². The lowest BCUT2D eigenvalue weighted by atomic mass is 10.2. The maximum absolute atomic E-state index is 11.1. The van der Waals surface area contributed by atoms with Crippen LogP contribution in [0.4, 0.5) is 0 Å². The SMILES string of the molecule is CCOc1ccc(COc2cc(C)sc2C(=O)O)cc1. The smallest absolute Gasteiger partial charge is 0.349 e. The van der Waals surface area contributed by atoms with Crippen LogP contribution in [0, 0.1) is 6.92 Å². The fraction of sp³-hybridized carbons (Fsp3) is 0.267. The molecule has 0 aliphatic rings. The highest BCUT2D eigenvalue weighted by atomic mass is 32.1. The molecule has 1 N–H and O–H groups in total. The summed E-state index contributed by atoms with van der Waals surface area (Å²) < 4.78 is 11.0. The van der Waals surface area contributed by atoms with Gasteiger partial charge in [0.2, 0.25) is 0 Å². The van der Waals surface area contributed by atoms with Crippen molar-refractivity contribution in [3.05, 3.63) is 45.6 Å². The van der Waals surface area contributed by atoms with Crippen LogP contribution >= 0.6 is 11.3 Å². The van der Waals surface area contributed by atoms with Crippen LogP contribution in [0.1, 0.15) is 27.0 Å². The molecule has 0 radical (unpaired) electrons. The van der Waals surface area contributed by atoms with E-state index in [1.807, 2.05) is 38.1 Å². The molecule has 0 atom stereocenters. The maximum Gasteiger partial charge on any atom is 0.349 e. The lowest BCUT2D eigenvalue weighted by Crippen LogP contribution is -2.00. The van der Waals surface area contributed by atoms with Gasteiger partial charge in [0, 0.05) is 4.88 Å². The van der Waals surface area contributed by atoms with E-state index in [4.69, 9.17) is 14.6 Å². The van der Waals surface area contributed by atoms with Crippen molar-refractivity contribution in [3.8, 4) is 11.5 Å². The fourth-order valence-corrected chi connectivity index (χ4v) is 2.55. The van der Waals surface area contributed by atoms with E-state index in [1.54, 1.807) is 6.07 Å². The number of aryl methyl sites for hydroxylation is 1. The second-order valence-electron chi connectivity index (χ2n) is 4.22. The van der Waals surface area contributed by atoms with Gasteiger partial charge in [0.25, 0.3) is 0 Å². The molecule has 106 valence electrons. The molecule has 0 aliphatic heterocycles. The van der Waals surface area contributed by atoms with Gasteiger partial charge >= 0.3 is 5.97 Å². The summed E-state index contributed by atoms with van der Waals surface area (Å²) in [7, 11) is 0. The Hall–Kier alpha value is -2.01. The van der Waals surface area contributed by atoms with Gasteiger partial charge in [-0.3, -0.25) is 0 Å². The normalized spacial score (nSPS) is 10.3. The van der Waals surface area contributed by atoms with Crippen LogP contribution < -0.4 is 9.47 Å². The van der Waals surface area contributed by atoms with Gasteiger partial charge in [0.1, 0.15) is 18.1 Å². The Labute approximate surface area is 121 Å². The third-order valence-electron chi connectivity index (χ3n) is 2.64. The van der Waals surface area contributed by atoms with Gasteiger partial charge in [-0.15, -0.1) is 11.3 Å². The lowest BCUT2D eigenvalue weighted by molar-refractivity contribution is 0.0697. The Morgan fingerprint density at radius 2 is 1.95 bits per heavy atom. The minimum Gasteiger partial charge on any atom is -0.494 e. The number of aromatic carboxylic acids is 1. The van der Waals surface area contributed by atoms with E-state index in [2.05, 4.69) is 0 Å². The molecule has 0 unspecified atom stereocenters. The molecule has 0 amide bonds. The van der Waals surface area contributed by atoms with Gasteiger partial charge in [0.15, 0.2) is 4.88 Å². The fourth-order valence-electron chi connectivity index (χ4n) is 1.76. The Balaban J connectivity index is 2.03. The van der Waals surface area contributed by atoms with E-state index < -0.39 is 5.97 Å². The quantitative estimate of drug-likeness (QED) is 0.881. The average molecular weight is 292 g/mol. The van der Waals surface area contributed by atoms with Crippen LogP contribution in [0.2, 0.25) is 0 Å². The average Bonchev–Trinajstić information content (AvgIpc) is 2.80. The minimum atomic E-state index is -0.954. The molecule has 0 bridgehead atoms. The molecule has 0 fully saturated rings. The van der Waals surface area contributed by atoms with Crippen molar-refractivity contribution in [3.63, 3.8) is 0 Å². The summed E-state index contributed by atoms with van der Waals surface area (Å²) in [4.78, 5) is 12.2. The van der Waals surface area contributed by atoms with E-state index in [0.717, 1.165) is 16.2 Å². The van der Waals surface area contributed by atoms with Crippen LogP contribution in [0.5, 0.6) is 11.5 Å². The summed E-state index contributed by atoms with van der Waals surface area (Å²) in [6, 6.07) is 9.32. The predicted molar refractivity (Wildman–Crippen MR) is 78.0 cm³/mol. The molecule has 0 saturated carbocycles. The minimum absolute atomic E-state index is 0.244. The van der Waals surface area contributed by atoms with Gasteiger partial charge in [-0.05, 0) is 37.6 Å². The highest BCUT2D eigenvalue weighted by molar-refractivity contribution is 7.14. The number of rotatable bonds is 6. The maximum atomic E-state index is 11.1. The topological polar surface area (TPSA) is 55.8 Å². The summed E-state index contributed by atoms with van der Waals surface area (Å²) >= 11 is 1.22. The molecule has 4 nitrogen and oxygen atoms in total. The highest BCUT2D eigenvalue weighted by Gasteiger charge is 2.15. The van der Waals surface area contributed by atoms with E-state index in [1.165, 1.54) is 11.3 Å². The van der Waals surface area contributed by atoms with Crippen LogP contribution in [0.25, 0.3) is 0 Å². The van der Waals surface area contributed by atoms with Crippen molar-refractivity contribution in [2.45, 2.75) is 20.5 Å². The summed E-state index contributed by atoms with van der Waals surface area (Å²) in [5.74, 6) is 0.285. The van der Waals surface area contributed by atoms with Crippen molar-refractivity contribution in [1.82, 2.24) is 0 Å². The Kier molecular flexibility index (Phi) is 4.63. The number of hydrogen-bond donors (Lipinski definition) is 1. The van der Waals surface area contributed by atoms with Crippen LogP contribution in [0.3, 0.4) is 0 Å². The van der Waals surface area contributed by atoms with Gasteiger partial charge in [-0.2, -0.15) is 0 Å². The number of ether oxygens (including phenoxy) is 2. The predicted octanol–water partition coefficient (Wildman–Crippen LogP) is 3.73. The summed E-state index contributed by atoms with van der Waals surface area (Å²) in [6.45, 7) is 4.76. The number of benzene rings is 1. The third kappa shape index (κ3) is 3.51. The lowest BCUT2D eigenvalue weighted by Gasteiger charge is -2.07. The molecule has 2 rings (SSSR count). The van der Waals surface area contributed by atoms with E-state index in [9.17, 15) is 4.79 Å².